The molecule has 0 amide bonds. The van der Waals surface area contributed by atoms with Gasteiger partial charge in [0.1, 0.15) is 0 Å². The second-order valence-corrected chi connectivity index (χ2v) is 6.24. The molecule has 134 valence electrons. The van der Waals surface area contributed by atoms with Crippen molar-refractivity contribution in [3.8, 4) is 5.69 Å². The third-order valence-electron chi connectivity index (χ3n) is 4.25. The van der Waals surface area contributed by atoms with Crippen LogP contribution in [0.1, 0.15) is 27.4 Å². The molecule has 4 rings (SSSR count). The first-order valence-electron chi connectivity index (χ1n) is 8.49. The molecule has 2 aromatic heterocycles. The molecule has 0 radical (unpaired) electrons. The van der Waals surface area contributed by atoms with Gasteiger partial charge in [-0.25, -0.2) is 4.79 Å². The van der Waals surface area contributed by atoms with Crippen molar-refractivity contribution in [1.82, 2.24) is 25.2 Å². The summed E-state index contributed by atoms with van der Waals surface area (Å²) >= 11 is 0. The lowest BCUT2D eigenvalue weighted by Gasteiger charge is -2.09. The molecule has 27 heavy (non-hydrogen) atoms. The zero-order valence-corrected chi connectivity index (χ0v) is 15.0. The molecule has 2 aromatic carbocycles. The van der Waals surface area contributed by atoms with Crippen molar-refractivity contribution in [2.24, 2.45) is 0 Å². The van der Waals surface area contributed by atoms with Gasteiger partial charge in [0.2, 0.25) is 0 Å². The Bertz CT molecular complexity index is 1120. The highest BCUT2D eigenvalue weighted by Crippen LogP contribution is 2.19. The van der Waals surface area contributed by atoms with E-state index in [9.17, 15) is 4.79 Å². The maximum absolute atomic E-state index is 12.6. The van der Waals surface area contributed by atoms with Crippen LogP contribution in [0.5, 0.6) is 0 Å². The van der Waals surface area contributed by atoms with Gasteiger partial charge in [-0.1, -0.05) is 29.8 Å². The topological polar surface area (TPSA) is 82.8 Å². The van der Waals surface area contributed by atoms with E-state index in [1.165, 1.54) is 0 Å². The minimum absolute atomic E-state index is 0.0357. The molecule has 0 spiro atoms. The van der Waals surface area contributed by atoms with Crippen LogP contribution in [0.4, 0.5) is 0 Å². The number of nitrogens with zero attached hydrogens (tertiary/aromatic N) is 5. The number of aromatic nitrogens is 5. The predicted octanol–water partition coefficient (Wildman–Crippen LogP) is 3.18. The van der Waals surface area contributed by atoms with Crippen molar-refractivity contribution in [3.05, 3.63) is 77.2 Å². The van der Waals surface area contributed by atoms with Gasteiger partial charge in [0.25, 0.3) is 0 Å². The van der Waals surface area contributed by atoms with Crippen LogP contribution in [0, 0.1) is 13.8 Å². The van der Waals surface area contributed by atoms with Crippen molar-refractivity contribution in [2.75, 3.05) is 0 Å². The highest BCUT2D eigenvalue weighted by molar-refractivity contribution is 5.95. The number of carbonyl (C=O) groups excluding carboxylic acids is 1. The fraction of sp³-hybridized carbons (Fsp3) is 0.150. The van der Waals surface area contributed by atoms with Crippen LogP contribution in [0.2, 0.25) is 0 Å². The van der Waals surface area contributed by atoms with Gasteiger partial charge in [-0.15, -0.1) is 5.10 Å². The Morgan fingerprint density at radius 2 is 1.89 bits per heavy atom. The molecule has 0 bridgehead atoms. The van der Waals surface area contributed by atoms with Crippen LogP contribution < -0.4 is 0 Å². The molecule has 0 saturated heterocycles. The highest BCUT2D eigenvalue weighted by atomic mass is 16.5. The van der Waals surface area contributed by atoms with E-state index in [0.29, 0.717) is 17.1 Å². The number of pyridine rings is 1. The number of hydrogen-bond acceptors (Lipinski definition) is 6. The molecule has 7 heteroatoms. The molecule has 2 heterocycles. The summed E-state index contributed by atoms with van der Waals surface area (Å²) < 4.78 is 7.00. The van der Waals surface area contributed by atoms with Gasteiger partial charge in [-0.05, 0) is 54.6 Å². The van der Waals surface area contributed by atoms with Gasteiger partial charge in [-0.2, -0.15) is 4.68 Å². The van der Waals surface area contributed by atoms with Gasteiger partial charge in [0.05, 0.1) is 22.5 Å². The number of ether oxygens (including phenoxy) is 1. The molecule has 0 saturated carbocycles. The Morgan fingerprint density at radius 3 is 2.70 bits per heavy atom. The number of carbonyl (C=O) groups is 1. The van der Waals surface area contributed by atoms with Gasteiger partial charge in [0, 0.05) is 5.39 Å². The summed E-state index contributed by atoms with van der Waals surface area (Å²) in [6.07, 6.45) is 0. The van der Waals surface area contributed by atoms with Crippen molar-refractivity contribution in [2.45, 2.75) is 20.5 Å². The van der Waals surface area contributed by atoms with Crippen molar-refractivity contribution >= 4 is 16.9 Å². The van der Waals surface area contributed by atoms with Crippen LogP contribution in [0.15, 0.2) is 54.6 Å². The summed E-state index contributed by atoms with van der Waals surface area (Å²) in [5, 5.41) is 12.5. The first-order valence-corrected chi connectivity index (χ1v) is 8.49. The predicted molar refractivity (Wildman–Crippen MR) is 99.5 cm³/mol. The maximum Gasteiger partial charge on any atom is 0.340 e. The molecule has 0 fully saturated rings. The van der Waals surface area contributed by atoms with Crippen LogP contribution in [-0.4, -0.2) is 31.2 Å². The Kier molecular flexibility index (Phi) is 4.33. The second kappa shape index (κ2) is 6.95. The SMILES string of the molecule is Cc1ccc2nc(C)c(C(=O)OCc3nnnn3-c3ccccc3)cc2c1. The normalized spacial score (nSPS) is 10.9. The molecular weight excluding hydrogens is 342 g/mol. The monoisotopic (exact) mass is 359 g/mol. The summed E-state index contributed by atoms with van der Waals surface area (Å²) in [4.78, 5) is 17.1. The summed E-state index contributed by atoms with van der Waals surface area (Å²) in [5.41, 5.74) is 3.82. The Labute approximate surface area is 155 Å². The van der Waals surface area contributed by atoms with Crippen molar-refractivity contribution < 1.29 is 9.53 Å². The smallest absolute Gasteiger partial charge is 0.340 e. The van der Waals surface area contributed by atoms with E-state index in [-0.39, 0.29) is 6.61 Å². The number of para-hydroxylation sites is 1. The lowest BCUT2D eigenvalue weighted by Crippen LogP contribution is -2.11. The summed E-state index contributed by atoms with van der Waals surface area (Å²) in [7, 11) is 0. The standard InChI is InChI=1S/C20H17N5O2/c1-13-8-9-18-15(10-13)11-17(14(2)21-18)20(26)27-12-19-22-23-24-25(19)16-6-4-3-5-7-16/h3-11H,12H2,1-2H3. The Hall–Kier alpha value is -3.61. The number of fused-ring (bicyclic) bond motifs is 1. The van der Waals surface area contributed by atoms with Crippen LogP contribution in [-0.2, 0) is 11.3 Å². The molecule has 0 aliphatic rings. The minimum atomic E-state index is -0.453. The van der Waals surface area contributed by atoms with Gasteiger partial charge in [0.15, 0.2) is 12.4 Å². The zero-order chi connectivity index (χ0) is 18.8. The van der Waals surface area contributed by atoms with Crippen LogP contribution in [0.25, 0.3) is 16.6 Å². The third-order valence-corrected chi connectivity index (χ3v) is 4.25. The summed E-state index contributed by atoms with van der Waals surface area (Å²) in [6, 6.07) is 17.2. The number of rotatable bonds is 4. The fourth-order valence-electron chi connectivity index (χ4n) is 2.87. The van der Waals surface area contributed by atoms with E-state index in [0.717, 1.165) is 22.2 Å². The molecule has 0 N–H and O–H groups in total. The molecule has 0 aliphatic carbocycles. The lowest BCUT2D eigenvalue weighted by molar-refractivity contribution is 0.0458. The molecule has 0 aliphatic heterocycles. The molecule has 0 unspecified atom stereocenters. The van der Waals surface area contributed by atoms with Gasteiger partial charge >= 0.3 is 5.97 Å². The number of benzene rings is 2. The fourth-order valence-corrected chi connectivity index (χ4v) is 2.87. The van der Waals surface area contributed by atoms with Crippen LogP contribution >= 0.6 is 0 Å². The van der Waals surface area contributed by atoms with E-state index in [4.69, 9.17) is 4.74 Å². The van der Waals surface area contributed by atoms with E-state index >= 15 is 0 Å². The van der Waals surface area contributed by atoms with E-state index in [2.05, 4.69) is 20.5 Å². The van der Waals surface area contributed by atoms with Crippen molar-refractivity contribution in [1.29, 1.82) is 0 Å². The summed E-state index contributed by atoms with van der Waals surface area (Å²) in [5.74, 6) is -0.0113. The third kappa shape index (κ3) is 3.39. The Morgan fingerprint density at radius 1 is 1.07 bits per heavy atom. The number of hydrogen-bond donors (Lipinski definition) is 0. The largest absolute Gasteiger partial charge is 0.454 e. The number of esters is 1. The first-order chi connectivity index (χ1) is 13.1. The summed E-state index contributed by atoms with van der Waals surface area (Å²) in [6.45, 7) is 3.76. The van der Waals surface area contributed by atoms with E-state index in [1.807, 2.05) is 61.5 Å². The molecular formula is C20H17N5O2. The van der Waals surface area contributed by atoms with E-state index < -0.39 is 5.97 Å². The van der Waals surface area contributed by atoms with Gasteiger partial charge in [-0.3, -0.25) is 4.98 Å². The average Bonchev–Trinajstić information content (AvgIpc) is 3.15. The van der Waals surface area contributed by atoms with Crippen molar-refractivity contribution in [3.63, 3.8) is 0 Å². The first kappa shape index (κ1) is 16.8. The quantitative estimate of drug-likeness (QED) is 0.521. The molecule has 4 aromatic rings. The Balaban J connectivity index is 1.56. The number of tetrazole rings is 1. The second-order valence-electron chi connectivity index (χ2n) is 6.24. The average molecular weight is 359 g/mol. The molecule has 0 atom stereocenters. The number of aryl methyl sites for hydroxylation is 2. The molecule has 7 nitrogen and oxygen atoms in total. The lowest BCUT2D eigenvalue weighted by atomic mass is 10.1. The maximum atomic E-state index is 12.6. The zero-order valence-electron chi connectivity index (χ0n) is 15.0. The van der Waals surface area contributed by atoms with Gasteiger partial charge < -0.3 is 4.74 Å². The minimum Gasteiger partial charge on any atom is -0.454 e. The van der Waals surface area contributed by atoms with E-state index in [1.54, 1.807) is 11.6 Å². The highest BCUT2D eigenvalue weighted by Gasteiger charge is 2.16. The van der Waals surface area contributed by atoms with Crippen LogP contribution in [0.3, 0.4) is 0 Å².